The number of thiocarbonyl (C=S) groups is 2. The summed E-state index contributed by atoms with van der Waals surface area (Å²) >= 11 is 9.48. The van der Waals surface area contributed by atoms with Crippen LogP contribution in [0.4, 0.5) is 0 Å². The van der Waals surface area contributed by atoms with Gasteiger partial charge < -0.3 is 37.7 Å². The SMILES string of the molecule is C=CC.CC[CH-]C(C)=S.CC[CH-]C(C)=S.[Cl-].[Cl-].[Zr+4]. The second-order valence-electron chi connectivity index (χ2n) is 2.85. The monoisotopic (exact) mass is 404 g/mol. The molecule has 0 aliphatic carbocycles. The zero-order chi connectivity index (χ0) is 12.7. The fourth-order valence-electron chi connectivity index (χ4n) is 0.575. The van der Waals surface area contributed by atoms with Gasteiger partial charge in [-0.25, -0.2) is 0 Å². The fraction of sp³-hybridized carbons (Fsp3) is 0.538. The fourth-order valence-corrected chi connectivity index (χ4v) is 0.908. The van der Waals surface area contributed by atoms with Crippen molar-refractivity contribution in [3.05, 3.63) is 25.5 Å². The third kappa shape index (κ3) is 87.7. The van der Waals surface area contributed by atoms with Gasteiger partial charge in [0.1, 0.15) is 0 Å². The van der Waals surface area contributed by atoms with E-state index in [1.165, 1.54) is 0 Å². The third-order valence-corrected chi connectivity index (χ3v) is 1.32. The largest absolute Gasteiger partial charge is 4.00 e. The summed E-state index contributed by atoms with van der Waals surface area (Å²) in [6.07, 6.45) is 7.93. The van der Waals surface area contributed by atoms with E-state index in [0.29, 0.717) is 0 Å². The molecule has 18 heavy (non-hydrogen) atoms. The first-order valence-electron chi connectivity index (χ1n) is 5.20. The summed E-state index contributed by atoms with van der Waals surface area (Å²) in [5.41, 5.74) is 0. The minimum Gasteiger partial charge on any atom is -1.00 e. The first-order valence-corrected chi connectivity index (χ1v) is 6.02. The standard InChI is InChI=1S/2C5H9S.C3H6.2ClH.Zr/c2*1-3-4-5(2)6;1-3-2;;;/h2*4H,3H2,1-2H3;3H,1H2,2H3;2*1H;/q2*-1;;;;+4/p-2. The Kier molecular flexibility index (Phi) is 73.3. The molecule has 0 aliphatic rings. The van der Waals surface area contributed by atoms with Gasteiger partial charge in [0.15, 0.2) is 0 Å². The minimum atomic E-state index is 0. The number of allylic oxidation sites excluding steroid dienone is 1. The second-order valence-corrected chi connectivity index (χ2v) is 4.14. The summed E-state index contributed by atoms with van der Waals surface area (Å²) in [6, 6.07) is 0. The maximum atomic E-state index is 4.74. The Hall–Kier alpha value is 1.12. The summed E-state index contributed by atoms with van der Waals surface area (Å²) < 4.78 is 0. The summed E-state index contributed by atoms with van der Waals surface area (Å²) in [5.74, 6) is 0. The van der Waals surface area contributed by atoms with Gasteiger partial charge in [-0.3, -0.25) is 0 Å². The molecule has 0 saturated carbocycles. The van der Waals surface area contributed by atoms with Gasteiger partial charge in [-0.1, -0.05) is 33.8 Å². The number of hydrogen-bond donors (Lipinski definition) is 0. The number of rotatable bonds is 4. The molecule has 0 bridgehead atoms. The molecule has 0 amide bonds. The molecule has 0 spiro atoms. The second kappa shape index (κ2) is 36.2. The van der Waals surface area contributed by atoms with Gasteiger partial charge in [0.25, 0.3) is 0 Å². The van der Waals surface area contributed by atoms with Crippen molar-refractivity contribution < 1.29 is 51.0 Å². The van der Waals surface area contributed by atoms with Gasteiger partial charge in [0.2, 0.25) is 0 Å². The van der Waals surface area contributed by atoms with Crippen LogP contribution in [0.1, 0.15) is 47.5 Å². The Morgan fingerprint density at radius 3 is 1.17 bits per heavy atom. The van der Waals surface area contributed by atoms with Crippen LogP contribution in [-0.2, 0) is 26.2 Å². The number of halogens is 2. The average Bonchev–Trinajstić information content (AvgIpc) is 2.05. The van der Waals surface area contributed by atoms with Crippen molar-refractivity contribution in [2.45, 2.75) is 47.5 Å². The van der Waals surface area contributed by atoms with E-state index in [4.69, 9.17) is 24.4 Å². The molecule has 0 aromatic rings. The third-order valence-electron chi connectivity index (χ3n) is 0.983. The van der Waals surface area contributed by atoms with E-state index in [2.05, 4.69) is 20.4 Å². The topological polar surface area (TPSA) is 0 Å². The van der Waals surface area contributed by atoms with Crippen molar-refractivity contribution in [1.82, 2.24) is 0 Å². The average molecular weight is 407 g/mol. The molecule has 0 fully saturated rings. The molecule has 0 saturated heterocycles. The Balaban J connectivity index is -0.0000000290. The Morgan fingerprint density at radius 1 is 1.00 bits per heavy atom. The van der Waals surface area contributed by atoms with Crippen LogP contribution in [0.15, 0.2) is 12.7 Å². The van der Waals surface area contributed by atoms with Crippen LogP contribution in [-0.4, -0.2) is 9.73 Å². The first-order chi connectivity index (χ1) is 6.95. The Labute approximate surface area is 157 Å². The van der Waals surface area contributed by atoms with Gasteiger partial charge in [0.05, 0.1) is 0 Å². The molecular weight excluding hydrogens is 382 g/mol. The molecule has 0 aliphatic heterocycles. The molecule has 5 heteroatoms. The molecule has 0 atom stereocenters. The van der Waals surface area contributed by atoms with E-state index < -0.39 is 0 Å². The summed E-state index contributed by atoms with van der Waals surface area (Å²) in [5, 5.41) is 0. The van der Waals surface area contributed by atoms with Gasteiger partial charge in [0, 0.05) is 0 Å². The molecule has 0 nitrogen and oxygen atoms in total. The smallest absolute Gasteiger partial charge is 1.00 e. The van der Waals surface area contributed by atoms with Crippen molar-refractivity contribution >= 4 is 34.2 Å². The zero-order valence-corrected chi connectivity index (χ0v) is 17.5. The molecule has 0 heterocycles. The Morgan fingerprint density at radius 2 is 1.17 bits per heavy atom. The molecule has 0 N–H and O–H groups in total. The normalized spacial score (nSPS) is 5.83. The number of hydrogen-bond acceptors (Lipinski definition) is 2. The summed E-state index contributed by atoms with van der Waals surface area (Å²) in [4.78, 5) is 2.00. The summed E-state index contributed by atoms with van der Waals surface area (Å²) in [6.45, 7) is 13.3. The van der Waals surface area contributed by atoms with Crippen molar-refractivity contribution in [3.8, 4) is 0 Å². The van der Waals surface area contributed by atoms with Crippen LogP contribution in [0.3, 0.4) is 0 Å². The van der Waals surface area contributed by atoms with Crippen LogP contribution in [0.5, 0.6) is 0 Å². The van der Waals surface area contributed by atoms with Gasteiger partial charge in [-0.2, -0.15) is 12.8 Å². The van der Waals surface area contributed by atoms with E-state index in [-0.39, 0.29) is 51.0 Å². The van der Waals surface area contributed by atoms with Crippen molar-refractivity contribution in [1.29, 1.82) is 0 Å². The minimum absolute atomic E-state index is 0. The van der Waals surface area contributed by atoms with Gasteiger partial charge in [-0.15, -0.1) is 40.7 Å². The predicted molar refractivity (Wildman–Crippen MR) is 81.6 cm³/mol. The molecule has 106 valence electrons. The molecule has 0 radical (unpaired) electrons. The molecule has 0 unspecified atom stereocenters. The zero-order valence-electron chi connectivity index (χ0n) is 11.9. The van der Waals surface area contributed by atoms with Gasteiger partial charge >= 0.3 is 26.2 Å². The molecule has 0 aromatic heterocycles. The Bertz CT molecular complexity index is 158. The van der Waals surface area contributed by atoms with Crippen LogP contribution >= 0.6 is 24.4 Å². The van der Waals surface area contributed by atoms with Crippen molar-refractivity contribution in [3.63, 3.8) is 0 Å². The van der Waals surface area contributed by atoms with E-state index in [1.807, 2.05) is 33.6 Å². The van der Waals surface area contributed by atoms with E-state index >= 15 is 0 Å². The predicted octanol–water partition coefficient (Wildman–Crippen LogP) is -0.821. The maximum Gasteiger partial charge on any atom is 4.00 e. The molecule has 0 rings (SSSR count). The molecule has 0 aromatic carbocycles. The van der Waals surface area contributed by atoms with E-state index in [0.717, 1.165) is 22.6 Å². The first kappa shape index (κ1) is 36.5. The van der Waals surface area contributed by atoms with Crippen LogP contribution in [0, 0.1) is 12.8 Å². The van der Waals surface area contributed by atoms with Gasteiger partial charge in [-0.05, 0) is 6.92 Å². The van der Waals surface area contributed by atoms with Crippen LogP contribution < -0.4 is 24.8 Å². The summed E-state index contributed by atoms with van der Waals surface area (Å²) in [7, 11) is 0. The van der Waals surface area contributed by atoms with Crippen LogP contribution in [0.2, 0.25) is 0 Å². The van der Waals surface area contributed by atoms with Crippen molar-refractivity contribution in [2.75, 3.05) is 0 Å². The molecular formula is C13H24Cl2S2Zr. The van der Waals surface area contributed by atoms with E-state index in [1.54, 1.807) is 6.08 Å². The maximum absolute atomic E-state index is 4.74. The quantitative estimate of drug-likeness (QED) is 0.340. The van der Waals surface area contributed by atoms with Crippen LogP contribution in [0.25, 0.3) is 0 Å². The van der Waals surface area contributed by atoms with E-state index in [9.17, 15) is 0 Å². The van der Waals surface area contributed by atoms with Crippen molar-refractivity contribution in [2.24, 2.45) is 0 Å².